The van der Waals surface area contributed by atoms with E-state index in [1.807, 2.05) is 6.07 Å². The van der Waals surface area contributed by atoms with Gasteiger partial charge >= 0.3 is 0 Å². The van der Waals surface area contributed by atoms with E-state index in [1.165, 1.54) is 25.7 Å². The molecular weight excluding hydrogens is 200 g/mol. The lowest BCUT2D eigenvalue weighted by atomic mass is 9.84. The highest BCUT2D eigenvalue weighted by Gasteiger charge is 2.28. The normalized spacial score (nSPS) is 25.4. The first kappa shape index (κ1) is 11.3. The Balaban J connectivity index is 2.10. The van der Waals surface area contributed by atoms with Crippen molar-refractivity contribution < 1.29 is 0 Å². The predicted octanol–water partition coefficient (Wildman–Crippen LogP) is 1.43. The van der Waals surface area contributed by atoms with Gasteiger partial charge in [-0.05, 0) is 31.4 Å². The lowest BCUT2D eigenvalue weighted by molar-refractivity contribution is 0.304. The van der Waals surface area contributed by atoms with Crippen molar-refractivity contribution in [2.24, 2.45) is 11.7 Å². The average Bonchev–Trinajstić information content (AvgIpc) is 2.39. The molecule has 2 rings (SSSR count). The van der Waals surface area contributed by atoms with Crippen LogP contribution in [0.5, 0.6) is 0 Å². The second kappa shape index (κ2) is 5.25. The first-order valence-electron chi connectivity index (χ1n) is 6.03. The van der Waals surface area contributed by atoms with E-state index >= 15 is 0 Å². The SMILES string of the molecule is CN(c1ncccn1)C1CCCCC1CN. The quantitative estimate of drug-likeness (QED) is 0.837. The van der Waals surface area contributed by atoms with Gasteiger partial charge in [0.25, 0.3) is 0 Å². The van der Waals surface area contributed by atoms with E-state index in [0.717, 1.165) is 12.5 Å². The molecular formula is C12H20N4. The molecule has 1 aliphatic rings. The van der Waals surface area contributed by atoms with E-state index in [0.29, 0.717) is 12.0 Å². The van der Waals surface area contributed by atoms with Crippen LogP contribution in [0.2, 0.25) is 0 Å². The molecule has 16 heavy (non-hydrogen) atoms. The predicted molar refractivity (Wildman–Crippen MR) is 65.2 cm³/mol. The molecule has 2 unspecified atom stereocenters. The summed E-state index contributed by atoms with van der Waals surface area (Å²) in [6, 6.07) is 2.35. The Morgan fingerprint density at radius 3 is 2.69 bits per heavy atom. The summed E-state index contributed by atoms with van der Waals surface area (Å²) in [5.74, 6) is 1.40. The Kier molecular flexibility index (Phi) is 3.72. The molecule has 0 aromatic carbocycles. The van der Waals surface area contributed by atoms with Crippen molar-refractivity contribution in [1.29, 1.82) is 0 Å². The van der Waals surface area contributed by atoms with Gasteiger partial charge in [0, 0.05) is 25.5 Å². The zero-order valence-electron chi connectivity index (χ0n) is 9.84. The molecule has 1 heterocycles. The van der Waals surface area contributed by atoms with Gasteiger partial charge < -0.3 is 10.6 Å². The summed E-state index contributed by atoms with van der Waals surface area (Å²) in [5, 5.41) is 0. The van der Waals surface area contributed by atoms with Crippen LogP contribution in [0, 0.1) is 5.92 Å². The number of nitrogens with two attached hydrogens (primary N) is 1. The van der Waals surface area contributed by atoms with E-state index in [9.17, 15) is 0 Å². The maximum absolute atomic E-state index is 5.84. The Labute approximate surface area is 96.9 Å². The zero-order valence-corrected chi connectivity index (χ0v) is 9.84. The Bertz CT molecular complexity index is 314. The first-order valence-corrected chi connectivity index (χ1v) is 6.03. The minimum absolute atomic E-state index is 0.501. The third-order valence-corrected chi connectivity index (χ3v) is 3.54. The molecule has 0 saturated heterocycles. The fourth-order valence-corrected chi connectivity index (χ4v) is 2.59. The number of rotatable bonds is 3. The monoisotopic (exact) mass is 220 g/mol. The van der Waals surface area contributed by atoms with E-state index < -0.39 is 0 Å². The highest BCUT2D eigenvalue weighted by Crippen LogP contribution is 2.28. The van der Waals surface area contributed by atoms with Crippen LogP contribution in [-0.4, -0.2) is 29.6 Å². The molecule has 2 N–H and O–H groups in total. The second-order valence-corrected chi connectivity index (χ2v) is 4.51. The number of hydrogen-bond donors (Lipinski definition) is 1. The topological polar surface area (TPSA) is 55.0 Å². The molecule has 4 nitrogen and oxygen atoms in total. The molecule has 1 aliphatic carbocycles. The lowest BCUT2D eigenvalue weighted by Crippen LogP contribution is -2.43. The van der Waals surface area contributed by atoms with Crippen LogP contribution >= 0.6 is 0 Å². The van der Waals surface area contributed by atoms with Crippen LogP contribution in [0.4, 0.5) is 5.95 Å². The molecule has 0 bridgehead atoms. The summed E-state index contributed by atoms with van der Waals surface area (Å²) in [7, 11) is 2.08. The smallest absolute Gasteiger partial charge is 0.225 e. The van der Waals surface area contributed by atoms with Gasteiger partial charge in [0.15, 0.2) is 0 Å². The molecule has 0 spiro atoms. The van der Waals surface area contributed by atoms with Crippen molar-refractivity contribution in [3.05, 3.63) is 18.5 Å². The molecule has 1 aromatic heterocycles. The number of hydrogen-bond acceptors (Lipinski definition) is 4. The van der Waals surface area contributed by atoms with E-state index in [-0.39, 0.29) is 0 Å². The summed E-state index contributed by atoms with van der Waals surface area (Å²) in [6.07, 6.45) is 8.62. The molecule has 0 amide bonds. The molecule has 4 heteroatoms. The summed E-state index contributed by atoms with van der Waals surface area (Å²) >= 11 is 0. The molecule has 88 valence electrons. The lowest BCUT2D eigenvalue weighted by Gasteiger charge is -2.37. The maximum atomic E-state index is 5.84. The zero-order chi connectivity index (χ0) is 11.4. The van der Waals surface area contributed by atoms with Gasteiger partial charge in [-0.2, -0.15) is 0 Å². The highest BCUT2D eigenvalue weighted by molar-refractivity contribution is 5.29. The molecule has 0 radical (unpaired) electrons. The van der Waals surface area contributed by atoms with Gasteiger partial charge in [0.05, 0.1) is 0 Å². The van der Waals surface area contributed by atoms with Crippen molar-refractivity contribution in [1.82, 2.24) is 9.97 Å². The second-order valence-electron chi connectivity index (χ2n) is 4.51. The number of anilines is 1. The fourth-order valence-electron chi connectivity index (χ4n) is 2.59. The van der Waals surface area contributed by atoms with Gasteiger partial charge in [-0.1, -0.05) is 12.8 Å². The molecule has 2 atom stereocenters. The van der Waals surface area contributed by atoms with Crippen LogP contribution in [0.1, 0.15) is 25.7 Å². The van der Waals surface area contributed by atoms with Crippen molar-refractivity contribution in [2.75, 3.05) is 18.5 Å². The third-order valence-electron chi connectivity index (χ3n) is 3.54. The van der Waals surface area contributed by atoms with Gasteiger partial charge in [0.2, 0.25) is 5.95 Å². The van der Waals surface area contributed by atoms with Gasteiger partial charge in [-0.15, -0.1) is 0 Å². The van der Waals surface area contributed by atoms with E-state index in [1.54, 1.807) is 12.4 Å². The standard InChI is InChI=1S/C12H20N4/c1-16(12-14-7-4-8-15-12)11-6-3-2-5-10(11)9-13/h4,7-8,10-11H,2-3,5-6,9,13H2,1H3. The summed E-state index contributed by atoms with van der Waals surface area (Å²) in [4.78, 5) is 10.8. The summed E-state index contributed by atoms with van der Waals surface area (Å²) in [5.41, 5.74) is 5.84. The van der Waals surface area contributed by atoms with E-state index in [2.05, 4.69) is 21.9 Å². The van der Waals surface area contributed by atoms with E-state index in [4.69, 9.17) is 5.73 Å². The Morgan fingerprint density at radius 1 is 1.31 bits per heavy atom. The van der Waals surface area contributed by atoms with Crippen LogP contribution in [-0.2, 0) is 0 Å². The number of nitrogens with zero attached hydrogens (tertiary/aromatic N) is 3. The molecule has 1 saturated carbocycles. The van der Waals surface area contributed by atoms with Gasteiger partial charge in [0.1, 0.15) is 0 Å². The molecule has 1 aromatic rings. The Hall–Kier alpha value is -1.16. The van der Waals surface area contributed by atoms with Gasteiger partial charge in [-0.25, -0.2) is 9.97 Å². The third kappa shape index (κ3) is 2.32. The van der Waals surface area contributed by atoms with Crippen molar-refractivity contribution >= 4 is 5.95 Å². The maximum Gasteiger partial charge on any atom is 0.225 e. The molecule has 1 fully saturated rings. The first-order chi connectivity index (χ1) is 7.83. The van der Waals surface area contributed by atoms with Crippen LogP contribution in [0.15, 0.2) is 18.5 Å². The van der Waals surface area contributed by atoms with Crippen molar-refractivity contribution in [3.8, 4) is 0 Å². The largest absolute Gasteiger partial charge is 0.341 e. The molecule has 0 aliphatic heterocycles. The van der Waals surface area contributed by atoms with Crippen LogP contribution in [0.3, 0.4) is 0 Å². The summed E-state index contributed by atoms with van der Waals surface area (Å²) < 4.78 is 0. The average molecular weight is 220 g/mol. The Morgan fingerprint density at radius 2 is 2.00 bits per heavy atom. The fraction of sp³-hybridized carbons (Fsp3) is 0.667. The highest BCUT2D eigenvalue weighted by atomic mass is 15.3. The van der Waals surface area contributed by atoms with Crippen molar-refractivity contribution in [3.63, 3.8) is 0 Å². The van der Waals surface area contributed by atoms with Crippen LogP contribution < -0.4 is 10.6 Å². The summed E-state index contributed by atoms with van der Waals surface area (Å²) in [6.45, 7) is 0.766. The number of aromatic nitrogens is 2. The van der Waals surface area contributed by atoms with Crippen LogP contribution in [0.25, 0.3) is 0 Å². The van der Waals surface area contributed by atoms with Gasteiger partial charge in [-0.3, -0.25) is 0 Å². The minimum Gasteiger partial charge on any atom is -0.341 e. The van der Waals surface area contributed by atoms with Crippen molar-refractivity contribution in [2.45, 2.75) is 31.7 Å². The minimum atomic E-state index is 0.501.